The molecule has 21 heavy (non-hydrogen) atoms. The molecule has 0 aliphatic carbocycles. The molecule has 0 saturated carbocycles. The van der Waals surface area contributed by atoms with Crippen molar-refractivity contribution in [3.63, 3.8) is 0 Å². The number of aromatic amines is 1. The zero-order valence-electron chi connectivity index (χ0n) is 11.6. The topological polar surface area (TPSA) is 40.7 Å². The molecule has 0 spiro atoms. The van der Waals surface area contributed by atoms with Gasteiger partial charge in [0.1, 0.15) is 0 Å². The summed E-state index contributed by atoms with van der Waals surface area (Å²) in [5, 5.41) is 6.85. The number of fused-ring (bicyclic) bond motifs is 2. The molecule has 3 nitrogen and oxygen atoms in total. The van der Waals surface area contributed by atoms with Crippen molar-refractivity contribution in [3.05, 3.63) is 59.7 Å². The normalized spacial score (nSPS) is 12.8. The van der Waals surface area contributed by atoms with Crippen LogP contribution in [0, 0.1) is 0 Å². The lowest BCUT2D eigenvalue weighted by Crippen LogP contribution is -2.06. The van der Waals surface area contributed by atoms with E-state index in [1.54, 1.807) is 11.3 Å². The standard InChI is InChI=1S/C17H15N3S/c1-11(13-9-17-16(19-10-13)5-7-21-17)20-14-2-3-15-12(8-14)4-6-18-15/h2-11,18,20H,1H3. The zero-order valence-corrected chi connectivity index (χ0v) is 12.4. The zero-order chi connectivity index (χ0) is 14.2. The van der Waals surface area contributed by atoms with Gasteiger partial charge in [-0.05, 0) is 54.3 Å². The first-order chi connectivity index (χ1) is 10.3. The first-order valence-corrected chi connectivity index (χ1v) is 7.84. The summed E-state index contributed by atoms with van der Waals surface area (Å²) in [7, 11) is 0. The Bertz CT molecular complexity index is 906. The van der Waals surface area contributed by atoms with E-state index in [1.165, 1.54) is 15.6 Å². The van der Waals surface area contributed by atoms with Crippen LogP contribution >= 0.6 is 11.3 Å². The molecule has 0 radical (unpaired) electrons. The van der Waals surface area contributed by atoms with E-state index < -0.39 is 0 Å². The van der Waals surface area contributed by atoms with Crippen LogP contribution in [-0.2, 0) is 0 Å². The molecular weight excluding hydrogens is 278 g/mol. The van der Waals surface area contributed by atoms with E-state index in [4.69, 9.17) is 0 Å². The number of hydrogen-bond donors (Lipinski definition) is 2. The average molecular weight is 293 g/mol. The van der Waals surface area contributed by atoms with Gasteiger partial charge in [-0.25, -0.2) is 0 Å². The van der Waals surface area contributed by atoms with Gasteiger partial charge in [0.2, 0.25) is 0 Å². The molecule has 4 heteroatoms. The summed E-state index contributed by atoms with van der Waals surface area (Å²) in [6, 6.07) is 13.0. The molecule has 0 aliphatic heterocycles. The van der Waals surface area contributed by atoms with Crippen molar-refractivity contribution in [1.82, 2.24) is 9.97 Å². The van der Waals surface area contributed by atoms with E-state index >= 15 is 0 Å². The molecule has 0 bridgehead atoms. The molecule has 0 saturated heterocycles. The Kier molecular flexibility index (Phi) is 2.89. The minimum Gasteiger partial charge on any atom is -0.378 e. The first kappa shape index (κ1) is 12.4. The quantitative estimate of drug-likeness (QED) is 0.561. The number of benzene rings is 1. The molecule has 0 fully saturated rings. The average Bonchev–Trinajstić information content (AvgIpc) is 3.14. The number of pyridine rings is 1. The predicted molar refractivity (Wildman–Crippen MR) is 90.0 cm³/mol. The fourth-order valence-corrected chi connectivity index (χ4v) is 3.36. The highest BCUT2D eigenvalue weighted by Gasteiger charge is 2.08. The van der Waals surface area contributed by atoms with Crippen molar-refractivity contribution in [2.45, 2.75) is 13.0 Å². The molecule has 4 aromatic rings. The first-order valence-electron chi connectivity index (χ1n) is 6.96. The van der Waals surface area contributed by atoms with Crippen LogP contribution in [0.1, 0.15) is 18.5 Å². The van der Waals surface area contributed by atoms with Crippen LogP contribution in [0.3, 0.4) is 0 Å². The molecule has 4 rings (SSSR count). The number of anilines is 1. The molecular formula is C17H15N3S. The number of hydrogen-bond acceptors (Lipinski definition) is 3. The Labute approximate surface area is 126 Å². The van der Waals surface area contributed by atoms with E-state index in [0.717, 1.165) is 16.7 Å². The van der Waals surface area contributed by atoms with Gasteiger partial charge in [-0.15, -0.1) is 11.3 Å². The predicted octanol–water partition coefficient (Wildman–Crippen LogP) is 4.95. The van der Waals surface area contributed by atoms with Gasteiger partial charge >= 0.3 is 0 Å². The van der Waals surface area contributed by atoms with Crippen molar-refractivity contribution in [2.75, 3.05) is 5.32 Å². The van der Waals surface area contributed by atoms with Crippen LogP contribution in [0.5, 0.6) is 0 Å². The number of nitrogens with one attached hydrogen (secondary N) is 2. The van der Waals surface area contributed by atoms with E-state index in [9.17, 15) is 0 Å². The van der Waals surface area contributed by atoms with Crippen molar-refractivity contribution in [3.8, 4) is 0 Å². The second-order valence-electron chi connectivity index (χ2n) is 5.22. The number of thiophene rings is 1. The Morgan fingerprint density at radius 1 is 1.19 bits per heavy atom. The summed E-state index contributed by atoms with van der Waals surface area (Å²) < 4.78 is 1.24. The van der Waals surface area contributed by atoms with Crippen LogP contribution in [0.25, 0.3) is 21.1 Å². The van der Waals surface area contributed by atoms with Crippen LogP contribution in [0.2, 0.25) is 0 Å². The fourth-order valence-electron chi connectivity index (χ4n) is 2.57. The maximum Gasteiger partial charge on any atom is 0.0809 e. The Morgan fingerprint density at radius 2 is 2.14 bits per heavy atom. The van der Waals surface area contributed by atoms with Gasteiger partial charge in [0.15, 0.2) is 0 Å². The van der Waals surface area contributed by atoms with Gasteiger partial charge in [0.05, 0.1) is 16.3 Å². The monoisotopic (exact) mass is 293 g/mol. The molecule has 1 unspecified atom stereocenters. The molecule has 104 valence electrons. The lowest BCUT2D eigenvalue weighted by Gasteiger charge is -2.15. The summed E-state index contributed by atoms with van der Waals surface area (Å²) in [5.74, 6) is 0. The molecule has 3 aromatic heterocycles. The molecule has 0 aliphatic rings. The Hall–Kier alpha value is -2.33. The number of rotatable bonds is 3. The summed E-state index contributed by atoms with van der Waals surface area (Å²) >= 11 is 1.73. The number of nitrogens with zero attached hydrogens (tertiary/aromatic N) is 1. The summed E-state index contributed by atoms with van der Waals surface area (Å²) in [6.45, 7) is 2.16. The lowest BCUT2D eigenvalue weighted by molar-refractivity contribution is 0.881. The third-order valence-corrected chi connectivity index (χ3v) is 4.61. The summed E-state index contributed by atoms with van der Waals surface area (Å²) in [4.78, 5) is 7.72. The SMILES string of the molecule is CC(Nc1ccc2[nH]ccc2c1)c1cnc2ccsc2c1. The van der Waals surface area contributed by atoms with Gasteiger partial charge in [0.25, 0.3) is 0 Å². The van der Waals surface area contributed by atoms with Gasteiger partial charge in [-0.3, -0.25) is 4.98 Å². The fraction of sp³-hybridized carbons (Fsp3) is 0.118. The largest absolute Gasteiger partial charge is 0.378 e. The maximum absolute atomic E-state index is 4.51. The van der Waals surface area contributed by atoms with E-state index in [2.05, 4.69) is 64.0 Å². The van der Waals surface area contributed by atoms with Gasteiger partial charge in [0, 0.05) is 29.0 Å². The minimum absolute atomic E-state index is 0.223. The van der Waals surface area contributed by atoms with E-state index in [1.807, 2.05) is 12.4 Å². The summed E-state index contributed by atoms with van der Waals surface area (Å²) in [5.41, 5.74) is 4.57. The van der Waals surface area contributed by atoms with E-state index in [-0.39, 0.29) is 6.04 Å². The highest BCUT2D eigenvalue weighted by Crippen LogP contribution is 2.26. The molecule has 0 amide bonds. The summed E-state index contributed by atoms with van der Waals surface area (Å²) in [6.07, 6.45) is 3.92. The van der Waals surface area contributed by atoms with Crippen molar-refractivity contribution >= 4 is 38.1 Å². The van der Waals surface area contributed by atoms with Crippen LogP contribution in [-0.4, -0.2) is 9.97 Å². The van der Waals surface area contributed by atoms with Gasteiger partial charge in [-0.1, -0.05) is 0 Å². The van der Waals surface area contributed by atoms with E-state index in [0.29, 0.717) is 0 Å². The van der Waals surface area contributed by atoms with Crippen molar-refractivity contribution < 1.29 is 0 Å². The highest BCUT2D eigenvalue weighted by molar-refractivity contribution is 7.17. The lowest BCUT2D eigenvalue weighted by atomic mass is 10.1. The maximum atomic E-state index is 4.51. The number of aromatic nitrogens is 2. The molecule has 2 N–H and O–H groups in total. The van der Waals surface area contributed by atoms with Gasteiger partial charge in [-0.2, -0.15) is 0 Å². The minimum atomic E-state index is 0.223. The number of H-pyrrole nitrogens is 1. The molecule has 3 heterocycles. The van der Waals surface area contributed by atoms with Gasteiger partial charge < -0.3 is 10.3 Å². The smallest absolute Gasteiger partial charge is 0.0809 e. The Balaban J connectivity index is 1.62. The third-order valence-electron chi connectivity index (χ3n) is 3.76. The van der Waals surface area contributed by atoms with Crippen molar-refractivity contribution in [1.29, 1.82) is 0 Å². The molecule has 1 atom stereocenters. The van der Waals surface area contributed by atoms with Crippen LogP contribution in [0.15, 0.2) is 54.2 Å². The second kappa shape index (κ2) is 4.90. The Morgan fingerprint density at radius 3 is 3.10 bits per heavy atom. The third kappa shape index (κ3) is 2.28. The van der Waals surface area contributed by atoms with Crippen LogP contribution < -0.4 is 5.32 Å². The second-order valence-corrected chi connectivity index (χ2v) is 6.17. The van der Waals surface area contributed by atoms with Crippen LogP contribution in [0.4, 0.5) is 5.69 Å². The van der Waals surface area contributed by atoms with Crippen molar-refractivity contribution in [2.24, 2.45) is 0 Å². The molecule has 1 aromatic carbocycles. The highest BCUT2D eigenvalue weighted by atomic mass is 32.1.